The Balaban J connectivity index is 1.86. The molecule has 1 atom stereocenters. The Morgan fingerprint density at radius 1 is 1.12 bits per heavy atom. The summed E-state index contributed by atoms with van der Waals surface area (Å²) >= 11 is 6.30. The van der Waals surface area contributed by atoms with Crippen molar-refractivity contribution < 1.29 is 4.79 Å². The highest BCUT2D eigenvalue weighted by molar-refractivity contribution is 6.30. The Hall–Kier alpha value is -2.00. The number of benzene rings is 2. The Morgan fingerprint density at radius 3 is 2.54 bits per heavy atom. The van der Waals surface area contributed by atoms with Gasteiger partial charge < -0.3 is 4.90 Å². The average Bonchev–Trinajstić information content (AvgIpc) is 3.41. The first-order chi connectivity index (χ1) is 11.7. The second-order valence-corrected chi connectivity index (χ2v) is 7.08. The molecule has 1 unspecified atom stereocenters. The van der Waals surface area contributed by atoms with Crippen LogP contribution in [0.1, 0.15) is 36.9 Å². The van der Waals surface area contributed by atoms with Gasteiger partial charge in [0.15, 0.2) is 0 Å². The number of carbonyl (C=O) groups is 1. The number of amides is 2. The minimum atomic E-state index is -0.0761. The summed E-state index contributed by atoms with van der Waals surface area (Å²) in [5.41, 5.74) is 3.26. The van der Waals surface area contributed by atoms with Crippen molar-refractivity contribution in [1.29, 1.82) is 0 Å². The van der Waals surface area contributed by atoms with Crippen LogP contribution in [0.3, 0.4) is 0 Å². The zero-order chi connectivity index (χ0) is 16.7. The van der Waals surface area contributed by atoms with Gasteiger partial charge in [0.25, 0.3) is 0 Å². The molecule has 4 rings (SSSR count). The van der Waals surface area contributed by atoms with Crippen molar-refractivity contribution in [2.45, 2.75) is 25.8 Å². The molecule has 0 N–H and O–H groups in total. The summed E-state index contributed by atoms with van der Waals surface area (Å²) in [6.45, 7) is 3.52. The van der Waals surface area contributed by atoms with E-state index in [9.17, 15) is 4.79 Å². The predicted octanol–water partition coefficient (Wildman–Crippen LogP) is 5.10. The van der Waals surface area contributed by atoms with Crippen LogP contribution in [0.4, 0.5) is 10.5 Å². The molecule has 2 aliphatic rings. The van der Waals surface area contributed by atoms with E-state index in [4.69, 9.17) is 11.6 Å². The minimum absolute atomic E-state index is 0.0761. The third-order valence-electron chi connectivity index (χ3n) is 4.96. The summed E-state index contributed by atoms with van der Waals surface area (Å²) in [6.07, 6.45) is 2.45. The molecule has 0 saturated heterocycles. The van der Waals surface area contributed by atoms with Crippen LogP contribution in [0.15, 0.2) is 48.5 Å². The summed E-state index contributed by atoms with van der Waals surface area (Å²) in [5.74, 6) is 0.643. The Kier molecular flexibility index (Phi) is 3.97. The molecule has 2 aromatic carbocycles. The van der Waals surface area contributed by atoms with E-state index in [0.717, 1.165) is 23.4 Å². The summed E-state index contributed by atoms with van der Waals surface area (Å²) in [7, 11) is 0. The molecule has 0 bridgehead atoms. The van der Waals surface area contributed by atoms with Crippen LogP contribution >= 0.6 is 11.6 Å². The van der Waals surface area contributed by atoms with E-state index in [0.29, 0.717) is 17.5 Å². The molecule has 1 aliphatic heterocycles. The number of hydrogen-bond acceptors (Lipinski definition) is 1. The highest BCUT2D eigenvalue weighted by atomic mass is 35.5. The molecular formula is C20H21ClN2O. The standard InChI is InChI=1S/C20H21ClN2O/c1-2-22-19(15-6-4-3-5-7-15)17-12-16(21)10-11-18(17)23(20(22)24)13-14-8-9-14/h3-7,10-12,14,19H,2,8-9,13H2,1H3. The lowest BCUT2D eigenvalue weighted by atomic mass is 9.93. The molecule has 4 heteroatoms. The minimum Gasteiger partial charge on any atom is -0.313 e. The molecule has 0 radical (unpaired) electrons. The van der Waals surface area contributed by atoms with E-state index >= 15 is 0 Å². The Bertz CT molecular complexity index is 757. The number of urea groups is 1. The number of fused-ring (bicyclic) bond motifs is 1. The monoisotopic (exact) mass is 340 g/mol. The van der Waals surface area contributed by atoms with Crippen LogP contribution in [0.5, 0.6) is 0 Å². The summed E-state index contributed by atoms with van der Waals surface area (Å²) in [6, 6.07) is 16.2. The molecular weight excluding hydrogens is 320 g/mol. The van der Waals surface area contributed by atoms with Gasteiger partial charge in [-0.3, -0.25) is 4.90 Å². The summed E-state index contributed by atoms with van der Waals surface area (Å²) < 4.78 is 0. The third-order valence-corrected chi connectivity index (χ3v) is 5.19. The van der Waals surface area contributed by atoms with Crippen molar-refractivity contribution in [2.24, 2.45) is 5.92 Å². The maximum Gasteiger partial charge on any atom is 0.325 e. The van der Waals surface area contributed by atoms with Crippen molar-refractivity contribution in [2.75, 3.05) is 18.0 Å². The predicted molar refractivity (Wildman–Crippen MR) is 97.6 cm³/mol. The number of hydrogen-bond donors (Lipinski definition) is 0. The van der Waals surface area contributed by atoms with E-state index in [1.807, 2.05) is 53.1 Å². The molecule has 124 valence electrons. The lowest BCUT2D eigenvalue weighted by molar-refractivity contribution is 0.189. The molecule has 2 amide bonds. The zero-order valence-electron chi connectivity index (χ0n) is 13.8. The van der Waals surface area contributed by atoms with Gasteiger partial charge in [-0.05, 0) is 49.4 Å². The van der Waals surface area contributed by atoms with Crippen LogP contribution in [0, 0.1) is 5.92 Å². The Labute approximate surface area is 147 Å². The lowest BCUT2D eigenvalue weighted by Crippen LogP contribution is -2.50. The van der Waals surface area contributed by atoms with Gasteiger partial charge in [-0.1, -0.05) is 41.9 Å². The van der Waals surface area contributed by atoms with Gasteiger partial charge in [-0.2, -0.15) is 0 Å². The molecule has 1 aliphatic carbocycles. The van der Waals surface area contributed by atoms with Gasteiger partial charge in [-0.25, -0.2) is 4.79 Å². The molecule has 1 heterocycles. The highest BCUT2D eigenvalue weighted by Crippen LogP contribution is 2.43. The highest BCUT2D eigenvalue weighted by Gasteiger charge is 2.39. The maximum absolute atomic E-state index is 13.2. The fourth-order valence-electron chi connectivity index (χ4n) is 3.57. The van der Waals surface area contributed by atoms with Crippen LogP contribution in [-0.4, -0.2) is 24.0 Å². The van der Waals surface area contributed by atoms with Gasteiger partial charge in [0.05, 0.1) is 11.7 Å². The Morgan fingerprint density at radius 2 is 1.88 bits per heavy atom. The summed E-state index contributed by atoms with van der Waals surface area (Å²) in [5, 5.41) is 0.714. The van der Waals surface area contributed by atoms with Crippen molar-refractivity contribution in [3.63, 3.8) is 0 Å². The average molecular weight is 341 g/mol. The van der Waals surface area contributed by atoms with Gasteiger partial charge in [-0.15, -0.1) is 0 Å². The summed E-state index contributed by atoms with van der Waals surface area (Å²) in [4.78, 5) is 17.1. The molecule has 0 aromatic heterocycles. The van der Waals surface area contributed by atoms with Gasteiger partial charge in [0.1, 0.15) is 0 Å². The number of nitrogens with zero attached hydrogens (tertiary/aromatic N) is 2. The number of anilines is 1. The smallest absolute Gasteiger partial charge is 0.313 e. The second kappa shape index (κ2) is 6.14. The molecule has 2 aromatic rings. The molecule has 1 saturated carbocycles. The van der Waals surface area contributed by atoms with Gasteiger partial charge >= 0.3 is 6.03 Å². The van der Waals surface area contributed by atoms with E-state index in [2.05, 4.69) is 12.1 Å². The van der Waals surface area contributed by atoms with Gasteiger partial charge in [0, 0.05) is 23.7 Å². The normalized spacial score (nSPS) is 20.2. The van der Waals surface area contributed by atoms with Gasteiger partial charge in [0.2, 0.25) is 0 Å². The quantitative estimate of drug-likeness (QED) is 0.759. The number of carbonyl (C=O) groups excluding carboxylic acids is 1. The van der Waals surface area contributed by atoms with E-state index in [-0.39, 0.29) is 12.1 Å². The number of rotatable bonds is 4. The first kappa shape index (κ1) is 15.5. The zero-order valence-corrected chi connectivity index (χ0v) is 14.5. The van der Waals surface area contributed by atoms with Crippen LogP contribution in [0.25, 0.3) is 0 Å². The van der Waals surface area contributed by atoms with Crippen molar-refractivity contribution in [1.82, 2.24) is 4.90 Å². The largest absolute Gasteiger partial charge is 0.325 e. The fourth-order valence-corrected chi connectivity index (χ4v) is 3.75. The number of halogens is 1. The fraction of sp³-hybridized carbons (Fsp3) is 0.350. The third kappa shape index (κ3) is 2.67. The SMILES string of the molecule is CCN1C(=O)N(CC2CC2)c2ccc(Cl)cc2C1c1ccccc1. The van der Waals surface area contributed by atoms with Crippen molar-refractivity contribution >= 4 is 23.3 Å². The van der Waals surface area contributed by atoms with Crippen LogP contribution < -0.4 is 4.90 Å². The van der Waals surface area contributed by atoms with Crippen LogP contribution in [-0.2, 0) is 0 Å². The lowest BCUT2D eigenvalue weighted by Gasteiger charge is -2.42. The molecule has 3 nitrogen and oxygen atoms in total. The first-order valence-corrected chi connectivity index (χ1v) is 8.99. The molecule has 1 fully saturated rings. The van der Waals surface area contributed by atoms with E-state index < -0.39 is 0 Å². The first-order valence-electron chi connectivity index (χ1n) is 8.61. The van der Waals surface area contributed by atoms with E-state index in [1.165, 1.54) is 12.8 Å². The van der Waals surface area contributed by atoms with Crippen molar-refractivity contribution in [3.05, 3.63) is 64.7 Å². The topological polar surface area (TPSA) is 23.6 Å². The second-order valence-electron chi connectivity index (χ2n) is 6.64. The maximum atomic E-state index is 13.2. The van der Waals surface area contributed by atoms with E-state index in [1.54, 1.807) is 0 Å². The van der Waals surface area contributed by atoms with Crippen LogP contribution in [0.2, 0.25) is 5.02 Å². The molecule has 24 heavy (non-hydrogen) atoms. The molecule has 0 spiro atoms. The van der Waals surface area contributed by atoms with Crippen molar-refractivity contribution in [3.8, 4) is 0 Å².